The lowest BCUT2D eigenvalue weighted by Crippen LogP contribution is -2.41. The number of hydrogen-bond acceptors (Lipinski definition) is 5. The van der Waals surface area contributed by atoms with Crippen molar-refractivity contribution < 1.29 is 14.3 Å². The first-order valence-electron chi connectivity index (χ1n) is 12.5. The summed E-state index contributed by atoms with van der Waals surface area (Å²) in [6, 6.07) is 8.48. The molecule has 1 aromatic carbocycles. The van der Waals surface area contributed by atoms with Crippen LogP contribution in [0.25, 0.3) is 0 Å². The van der Waals surface area contributed by atoms with Crippen LogP contribution in [0.3, 0.4) is 0 Å². The predicted octanol–water partition coefficient (Wildman–Crippen LogP) is 2.82. The van der Waals surface area contributed by atoms with E-state index in [1.807, 2.05) is 24.3 Å². The van der Waals surface area contributed by atoms with E-state index >= 15 is 0 Å². The molecule has 2 N–H and O–H groups in total. The van der Waals surface area contributed by atoms with Crippen molar-refractivity contribution in [1.82, 2.24) is 15.5 Å². The molecule has 1 unspecified atom stereocenters. The predicted molar refractivity (Wildman–Crippen MR) is 129 cm³/mol. The van der Waals surface area contributed by atoms with E-state index < -0.39 is 0 Å². The normalized spacial score (nSPS) is 27.0. The number of rotatable bonds is 6. The SMILES string of the molecule is CNC1CCC(CN2CCC(OCC#Cc3cccc(C4CCC(=O)NC4=O)c3)CC2)CC1. The number of hydrogen-bond donors (Lipinski definition) is 2. The quantitative estimate of drug-likeness (QED) is 0.514. The van der Waals surface area contributed by atoms with Crippen molar-refractivity contribution in [3.63, 3.8) is 0 Å². The Labute approximate surface area is 197 Å². The first kappa shape index (κ1) is 23.9. The molecule has 0 aromatic heterocycles. The van der Waals surface area contributed by atoms with Crippen LogP contribution in [0.4, 0.5) is 0 Å². The smallest absolute Gasteiger partial charge is 0.234 e. The number of amides is 2. The number of imide groups is 1. The molecule has 2 aliphatic heterocycles. The van der Waals surface area contributed by atoms with E-state index in [9.17, 15) is 9.59 Å². The molecule has 1 saturated carbocycles. The zero-order chi connectivity index (χ0) is 23.0. The first-order chi connectivity index (χ1) is 16.1. The van der Waals surface area contributed by atoms with Crippen LogP contribution in [0.2, 0.25) is 0 Å². The molecule has 178 valence electrons. The minimum Gasteiger partial charge on any atom is -0.365 e. The maximum Gasteiger partial charge on any atom is 0.234 e. The summed E-state index contributed by atoms with van der Waals surface area (Å²) in [4.78, 5) is 26.1. The van der Waals surface area contributed by atoms with Gasteiger partial charge in [0.1, 0.15) is 6.61 Å². The van der Waals surface area contributed by atoms with Crippen molar-refractivity contribution in [1.29, 1.82) is 0 Å². The van der Waals surface area contributed by atoms with E-state index in [1.165, 1.54) is 32.2 Å². The number of nitrogens with one attached hydrogen (secondary N) is 2. The molecule has 2 heterocycles. The highest BCUT2D eigenvalue weighted by Gasteiger charge is 2.28. The molecule has 6 nitrogen and oxygen atoms in total. The van der Waals surface area contributed by atoms with Gasteiger partial charge in [0.05, 0.1) is 12.0 Å². The summed E-state index contributed by atoms with van der Waals surface area (Å²) in [5.74, 6) is 6.49. The van der Waals surface area contributed by atoms with Crippen LogP contribution in [-0.2, 0) is 14.3 Å². The van der Waals surface area contributed by atoms with Gasteiger partial charge in [0, 0.05) is 37.7 Å². The number of ether oxygens (including phenoxy) is 1. The van der Waals surface area contributed by atoms with Crippen molar-refractivity contribution in [2.45, 2.75) is 69.4 Å². The Morgan fingerprint density at radius 3 is 2.61 bits per heavy atom. The summed E-state index contributed by atoms with van der Waals surface area (Å²) in [6.45, 7) is 3.92. The molecule has 1 aromatic rings. The fourth-order valence-electron chi connectivity index (χ4n) is 5.40. The van der Waals surface area contributed by atoms with Crippen molar-refractivity contribution in [2.75, 3.05) is 33.3 Å². The second-order valence-corrected chi connectivity index (χ2v) is 9.75. The van der Waals surface area contributed by atoms with Gasteiger partial charge in [0.2, 0.25) is 11.8 Å². The summed E-state index contributed by atoms with van der Waals surface area (Å²) in [6.07, 6.45) is 8.73. The Morgan fingerprint density at radius 2 is 1.88 bits per heavy atom. The van der Waals surface area contributed by atoms with Crippen LogP contribution >= 0.6 is 0 Å². The van der Waals surface area contributed by atoms with Crippen LogP contribution in [0.5, 0.6) is 0 Å². The molecule has 4 rings (SSSR count). The number of carbonyl (C=O) groups is 2. The maximum absolute atomic E-state index is 12.1. The Balaban J connectivity index is 1.17. The molecule has 3 fully saturated rings. The van der Waals surface area contributed by atoms with Gasteiger partial charge in [-0.1, -0.05) is 24.0 Å². The van der Waals surface area contributed by atoms with Gasteiger partial charge in [-0.25, -0.2) is 0 Å². The van der Waals surface area contributed by atoms with E-state index in [4.69, 9.17) is 4.74 Å². The molecule has 0 radical (unpaired) electrons. The summed E-state index contributed by atoms with van der Waals surface area (Å²) in [7, 11) is 2.08. The molecule has 1 aliphatic carbocycles. The average Bonchev–Trinajstić information content (AvgIpc) is 2.83. The van der Waals surface area contributed by atoms with E-state index in [0.717, 1.165) is 49.0 Å². The monoisotopic (exact) mass is 451 g/mol. The highest BCUT2D eigenvalue weighted by molar-refractivity contribution is 6.00. The van der Waals surface area contributed by atoms with E-state index in [0.29, 0.717) is 25.6 Å². The van der Waals surface area contributed by atoms with E-state index in [2.05, 4.69) is 34.4 Å². The molecule has 2 saturated heterocycles. The van der Waals surface area contributed by atoms with Crippen molar-refractivity contribution in [2.24, 2.45) is 5.92 Å². The van der Waals surface area contributed by atoms with Gasteiger partial charge in [-0.3, -0.25) is 14.9 Å². The van der Waals surface area contributed by atoms with Crippen LogP contribution in [0.1, 0.15) is 68.4 Å². The van der Waals surface area contributed by atoms with Crippen molar-refractivity contribution >= 4 is 11.8 Å². The van der Waals surface area contributed by atoms with E-state index in [-0.39, 0.29) is 17.7 Å². The first-order valence-corrected chi connectivity index (χ1v) is 12.5. The van der Waals surface area contributed by atoms with Gasteiger partial charge in [-0.15, -0.1) is 0 Å². The zero-order valence-corrected chi connectivity index (χ0v) is 19.8. The number of carbonyl (C=O) groups excluding carboxylic acids is 2. The number of benzene rings is 1. The van der Waals surface area contributed by atoms with Gasteiger partial charge in [0.25, 0.3) is 0 Å². The lowest BCUT2D eigenvalue weighted by Gasteiger charge is -2.36. The third-order valence-corrected chi connectivity index (χ3v) is 7.46. The molecule has 0 spiro atoms. The third kappa shape index (κ3) is 6.89. The number of likely N-dealkylation sites (tertiary alicyclic amines) is 1. The lowest BCUT2D eigenvalue weighted by molar-refractivity contribution is -0.134. The minimum absolute atomic E-state index is 0.188. The van der Waals surface area contributed by atoms with E-state index in [1.54, 1.807) is 0 Å². The molecule has 6 heteroatoms. The van der Waals surface area contributed by atoms with Crippen molar-refractivity contribution in [3.05, 3.63) is 35.4 Å². The third-order valence-electron chi connectivity index (χ3n) is 7.46. The number of nitrogens with zero attached hydrogens (tertiary/aromatic N) is 1. The highest BCUT2D eigenvalue weighted by atomic mass is 16.5. The zero-order valence-electron chi connectivity index (χ0n) is 19.8. The Bertz CT molecular complexity index is 874. The average molecular weight is 452 g/mol. The van der Waals surface area contributed by atoms with Gasteiger partial charge in [0.15, 0.2) is 0 Å². The Morgan fingerprint density at radius 1 is 1.09 bits per heavy atom. The van der Waals surface area contributed by atoms with Gasteiger partial charge in [-0.05, 0) is 75.6 Å². The highest BCUT2D eigenvalue weighted by Crippen LogP contribution is 2.27. The largest absolute Gasteiger partial charge is 0.365 e. The van der Waals surface area contributed by atoms with Crippen LogP contribution in [0.15, 0.2) is 24.3 Å². The second-order valence-electron chi connectivity index (χ2n) is 9.75. The van der Waals surface area contributed by atoms with Crippen LogP contribution < -0.4 is 10.6 Å². The van der Waals surface area contributed by atoms with Crippen molar-refractivity contribution in [3.8, 4) is 11.8 Å². The molecule has 33 heavy (non-hydrogen) atoms. The van der Waals surface area contributed by atoms with Gasteiger partial charge in [-0.2, -0.15) is 0 Å². The fraction of sp³-hybridized carbons (Fsp3) is 0.630. The minimum atomic E-state index is -0.274. The Kier molecular flexibility index (Phi) is 8.55. The molecule has 1 atom stereocenters. The molecular weight excluding hydrogens is 414 g/mol. The topological polar surface area (TPSA) is 70.7 Å². The maximum atomic E-state index is 12.1. The molecule has 3 aliphatic rings. The fourth-order valence-corrected chi connectivity index (χ4v) is 5.40. The van der Waals surface area contributed by atoms with Crippen LogP contribution in [0, 0.1) is 17.8 Å². The summed E-state index contributed by atoms with van der Waals surface area (Å²) >= 11 is 0. The number of piperidine rings is 2. The van der Waals surface area contributed by atoms with Crippen LogP contribution in [-0.4, -0.2) is 62.1 Å². The summed E-state index contributed by atoms with van der Waals surface area (Å²) in [5, 5.41) is 5.85. The lowest BCUT2D eigenvalue weighted by atomic mass is 9.85. The molecular formula is C27H37N3O3. The van der Waals surface area contributed by atoms with Gasteiger partial charge >= 0.3 is 0 Å². The molecule has 0 bridgehead atoms. The summed E-state index contributed by atoms with van der Waals surface area (Å²) in [5.41, 5.74) is 1.79. The summed E-state index contributed by atoms with van der Waals surface area (Å²) < 4.78 is 6.04. The molecule has 2 amide bonds. The standard InChI is InChI=1S/C27H37N3O3/c1-28-23-9-7-21(8-10-23)19-30-15-13-24(14-16-30)33-17-3-5-20-4-2-6-22(18-20)25-11-12-26(31)29-27(25)32/h2,4,6,18,21,23-25,28H,7-17,19H2,1H3,(H,29,31,32). The van der Waals surface area contributed by atoms with Gasteiger partial charge < -0.3 is 15.0 Å². The second kappa shape index (κ2) is 11.8. The Hall–Kier alpha value is -2.20.